The Morgan fingerprint density at radius 1 is 1.57 bits per heavy atom. The van der Waals surface area contributed by atoms with E-state index in [0.717, 1.165) is 25.2 Å². The summed E-state index contributed by atoms with van der Waals surface area (Å²) in [5, 5.41) is 6.27. The molecule has 0 aromatic carbocycles. The van der Waals surface area contributed by atoms with Gasteiger partial charge in [0.15, 0.2) is 0 Å². The molecular weight excluding hydrogens is 198 g/mol. The van der Waals surface area contributed by atoms with Gasteiger partial charge >= 0.3 is 0 Å². The van der Waals surface area contributed by atoms with E-state index >= 15 is 0 Å². The van der Waals surface area contributed by atoms with Crippen LogP contribution in [0.25, 0.3) is 0 Å². The molecule has 1 fully saturated rings. The van der Waals surface area contributed by atoms with Crippen molar-refractivity contribution in [3.8, 4) is 0 Å². The number of hydrogen-bond donors (Lipinski definition) is 0. The molecule has 1 unspecified atom stereocenters. The zero-order valence-electron chi connectivity index (χ0n) is 7.73. The van der Waals surface area contributed by atoms with Crippen molar-refractivity contribution in [3.63, 3.8) is 0 Å². The summed E-state index contributed by atoms with van der Waals surface area (Å²) in [5.74, 6) is 0. The first-order chi connectivity index (χ1) is 6.93. The van der Waals surface area contributed by atoms with E-state index in [1.165, 1.54) is 10.4 Å². The molecule has 3 rings (SSSR count). The molecule has 1 saturated heterocycles. The van der Waals surface area contributed by atoms with E-state index in [0.29, 0.717) is 12.7 Å². The molecule has 0 amide bonds. The van der Waals surface area contributed by atoms with Crippen LogP contribution in [0.1, 0.15) is 16.9 Å². The van der Waals surface area contributed by atoms with Gasteiger partial charge in [0.05, 0.1) is 12.3 Å². The summed E-state index contributed by atoms with van der Waals surface area (Å²) in [6, 6.07) is 2.13. The average molecular weight is 209 g/mol. The van der Waals surface area contributed by atoms with E-state index < -0.39 is 0 Å². The summed E-state index contributed by atoms with van der Waals surface area (Å²) in [6.45, 7) is 1.43. The Balaban J connectivity index is 1.67. The van der Waals surface area contributed by atoms with Gasteiger partial charge in [0.2, 0.25) is 0 Å². The highest BCUT2D eigenvalue weighted by atomic mass is 32.1. The molecule has 1 aromatic rings. The van der Waals surface area contributed by atoms with Crippen molar-refractivity contribution >= 4 is 17.0 Å². The Bertz CT molecular complexity index is 368. The van der Waals surface area contributed by atoms with Gasteiger partial charge in [-0.1, -0.05) is 5.16 Å². The molecule has 1 aliphatic carbocycles. The summed E-state index contributed by atoms with van der Waals surface area (Å²) in [5.41, 5.74) is 2.38. The fourth-order valence-corrected chi connectivity index (χ4v) is 2.52. The number of aryl methyl sites for hydroxylation is 1. The lowest BCUT2D eigenvalue weighted by Gasteiger charge is -1.97. The van der Waals surface area contributed by atoms with Crippen LogP contribution in [0.3, 0.4) is 0 Å². The Kier molecular flexibility index (Phi) is 2.03. The quantitative estimate of drug-likeness (QED) is 0.562. The van der Waals surface area contributed by atoms with Crippen molar-refractivity contribution in [2.24, 2.45) is 5.16 Å². The van der Waals surface area contributed by atoms with Gasteiger partial charge in [-0.2, -0.15) is 0 Å². The van der Waals surface area contributed by atoms with E-state index in [4.69, 9.17) is 9.57 Å². The SMILES string of the molecule is c1cc2c(s1)CC/C2=N\OCC1CO1. The molecular formula is C10H11NO2S. The second-order valence-electron chi connectivity index (χ2n) is 3.55. The molecule has 1 aliphatic heterocycles. The van der Waals surface area contributed by atoms with Crippen LogP contribution in [0.15, 0.2) is 16.6 Å². The standard InChI is InChI=1S/C10H11NO2S/c1-2-10-8(3-4-14-10)9(1)11-13-6-7-5-12-7/h3-4,7H,1-2,5-6H2/b11-9+. The topological polar surface area (TPSA) is 34.1 Å². The minimum Gasteiger partial charge on any atom is -0.393 e. The fourth-order valence-electron chi connectivity index (χ4n) is 1.62. The molecule has 1 aromatic heterocycles. The van der Waals surface area contributed by atoms with E-state index in [1.807, 2.05) is 0 Å². The molecule has 2 heterocycles. The smallest absolute Gasteiger partial charge is 0.145 e. The molecule has 0 saturated carbocycles. The highest BCUT2D eigenvalue weighted by molar-refractivity contribution is 7.10. The Hall–Kier alpha value is -0.870. The van der Waals surface area contributed by atoms with Crippen LogP contribution in [0, 0.1) is 0 Å². The zero-order valence-corrected chi connectivity index (χ0v) is 8.55. The molecule has 0 spiro atoms. The van der Waals surface area contributed by atoms with Gasteiger partial charge < -0.3 is 9.57 Å². The number of hydrogen-bond acceptors (Lipinski definition) is 4. The van der Waals surface area contributed by atoms with Gasteiger partial charge in [-0.25, -0.2) is 0 Å². The first-order valence-electron chi connectivity index (χ1n) is 4.80. The predicted molar refractivity (Wildman–Crippen MR) is 54.9 cm³/mol. The predicted octanol–water partition coefficient (Wildman–Crippen LogP) is 1.81. The van der Waals surface area contributed by atoms with E-state index in [1.54, 1.807) is 11.3 Å². The van der Waals surface area contributed by atoms with Gasteiger partial charge in [0, 0.05) is 10.4 Å². The number of ether oxygens (including phenoxy) is 1. The van der Waals surface area contributed by atoms with Crippen LogP contribution in [0.5, 0.6) is 0 Å². The van der Waals surface area contributed by atoms with Gasteiger partial charge in [0.25, 0.3) is 0 Å². The van der Waals surface area contributed by atoms with Crippen molar-refractivity contribution in [2.45, 2.75) is 18.9 Å². The lowest BCUT2D eigenvalue weighted by molar-refractivity contribution is 0.124. The normalized spacial score (nSPS) is 26.6. The highest BCUT2D eigenvalue weighted by Crippen LogP contribution is 2.27. The maximum Gasteiger partial charge on any atom is 0.145 e. The summed E-state index contributed by atoms with van der Waals surface area (Å²) in [7, 11) is 0. The van der Waals surface area contributed by atoms with Crippen LogP contribution in [-0.4, -0.2) is 25.0 Å². The first kappa shape index (κ1) is 8.44. The van der Waals surface area contributed by atoms with Crippen LogP contribution < -0.4 is 0 Å². The monoisotopic (exact) mass is 209 g/mol. The average Bonchev–Trinajstić information content (AvgIpc) is 2.76. The molecule has 1 atom stereocenters. The molecule has 3 nitrogen and oxygen atoms in total. The largest absolute Gasteiger partial charge is 0.393 e. The van der Waals surface area contributed by atoms with Crippen LogP contribution in [0.2, 0.25) is 0 Å². The maximum atomic E-state index is 5.24. The van der Waals surface area contributed by atoms with Crippen LogP contribution in [-0.2, 0) is 16.0 Å². The van der Waals surface area contributed by atoms with Crippen LogP contribution >= 0.6 is 11.3 Å². The molecule has 2 aliphatic rings. The number of nitrogens with zero attached hydrogens (tertiary/aromatic N) is 1. The number of rotatable bonds is 3. The zero-order chi connectivity index (χ0) is 9.38. The van der Waals surface area contributed by atoms with Gasteiger partial charge in [0.1, 0.15) is 12.7 Å². The van der Waals surface area contributed by atoms with Gasteiger partial charge in [-0.15, -0.1) is 11.3 Å². The third-order valence-corrected chi connectivity index (χ3v) is 3.46. The molecule has 0 N–H and O–H groups in total. The molecule has 4 heteroatoms. The molecule has 74 valence electrons. The summed E-state index contributed by atoms with van der Waals surface area (Å²) < 4.78 is 5.04. The van der Waals surface area contributed by atoms with Crippen molar-refractivity contribution in [1.29, 1.82) is 0 Å². The highest BCUT2D eigenvalue weighted by Gasteiger charge is 2.24. The van der Waals surface area contributed by atoms with E-state index in [-0.39, 0.29) is 0 Å². The lowest BCUT2D eigenvalue weighted by atomic mass is 10.2. The van der Waals surface area contributed by atoms with Crippen molar-refractivity contribution in [3.05, 3.63) is 21.9 Å². The fraction of sp³-hybridized carbons (Fsp3) is 0.500. The summed E-state index contributed by atoms with van der Waals surface area (Å²) in [6.07, 6.45) is 2.44. The van der Waals surface area contributed by atoms with Gasteiger partial charge in [-0.05, 0) is 24.3 Å². The van der Waals surface area contributed by atoms with E-state index in [2.05, 4.69) is 16.6 Å². The van der Waals surface area contributed by atoms with Crippen LogP contribution in [0.4, 0.5) is 0 Å². The number of epoxide rings is 1. The maximum absolute atomic E-state index is 5.24. The number of oxime groups is 1. The van der Waals surface area contributed by atoms with Crippen molar-refractivity contribution in [2.75, 3.05) is 13.2 Å². The molecule has 0 radical (unpaired) electrons. The summed E-state index contributed by atoms with van der Waals surface area (Å²) in [4.78, 5) is 6.68. The second-order valence-corrected chi connectivity index (χ2v) is 4.55. The number of thiophene rings is 1. The number of fused-ring (bicyclic) bond motifs is 1. The summed E-state index contributed by atoms with van der Waals surface area (Å²) >= 11 is 1.81. The van der Waals surface area contributed by atoms with Crippen molar-refractivity contribution < 1.29 is 9.57 Å². The minimum absolute atomic E-state index is 0.294. The minimum atomic E-state index is 0.294. The second kappa shape index (κ2) is 3.37. The Morgan fingerprint density at radius 2 is 2.50 bits per heavy atom. The third kappa shape index (κ3) is 1.55. The van der Waals surface area contributed by atoms with Gasteiger partial charge in [-0.3, -0.25) is 0 Å². The third-order valence-electron chi connectivity index (χ3n) is 2.48. The Labute approximate surface area is 86.3 Å². The first-order valence-corrected chi connectivity index (χ1v) is 5.68. The Morgan fingerprint density at radius 3 is 3.36 bits per heavy atom. The van der Waals surface area contributed by atoms with E-state index in [9.17, 15) is 0 Å². The van der Waals surface area contributed by atoms with Crippen molar-refractivity contribution in [1.82, 2.24) is 0 Å². The lowest BCUT2D eigenvalue weighted by Crippen LogP contribution is -2.00. The molecule has 14 heavy (non-hydrogen) atoms. The molecule has 0 bridgehead atoms.